The molecule has 0 unspecified atom stereocenters. The summed E-state index contributed by atoms with van der Waals surface area (Å²) in [5.74, 6) is 0.754. The van der Waals surface area contributed by atoms with Gasteiger partial charge in [-0.25, -0.2) is 4.98 Å². The molecule has 0 saturated heterocycles. The number of aromatic nitrogens is 3. The lowest BCUT2D eigenvalue weighted by molar-refractivity contribution is 0.466. The first-order chi connectivity index (χ1) is 34.8. The molecule has 0 amide bonds. The first kappa shape index (κ1) is 45.1. The highest BCUT2D eigenvalue weighted by molar-refractivity contribution is 5.97. The molecular formula is C67H71N3O. The van der Waals surface area contributed by atoms with E-state index in [1.54, 1.807) is 0 Å². The monoisotopic (exact) mass is 937 g/mol. The lowest BCUT2D eigenvalue weighted by Crippen LogP contribution is -2.13. The summed E-state index contributed by atoms with van der Waals surface area (Å²) >= 11 is 0. The van der Waals surface area contributed by atoms with Crippen LogP contribution >= 0.6 is 0 Å². The minimum atomic E-state index is -2.54. The SMILES string of the molecule is [2H]C([2H])([2H])c1cc(-c2c(-c3ccccc3)cccc2C(C)(C)C)ccc1-n1c(-c2cc(C(C)C)cc(C(C)C)c2O)nc2c(-c3cc(-c4cc(-c5ccc(C(C)(C)C)cc5)ccn4)cc(C(C)(C)C)c3)cccc21. The highest BCUT2D eigenvalue weighted by Crippen LogP contribution is 2.46. The summed E-state index contributed by atoms with van der Waals surface area (Å²) in [5, 5.41) is 12.4. The van der Waals surface area contributed by atoms with Crippen molar-refractivity contribution in [3.8, 4) is 78.6 Å². The van der Waals surface area contributed by atoms with Crippen LogP contribution in [-0.4, -0.2) is 19.6 Å². The van der Waals surface area contributed by atoms with Crippen LogP contribution < -0.4 is 0 Å². The van der Waals surface area contributed by atoms with Gasteiger partial charge in [-0.2, -0.15) is 0 Å². The zero-order valence-corrected chi connectivity index (χ0v) is 44.0. The summed E-state index contributed by atoms with van der Waals surface area (Å²) in [6, 6.07) is 52.6. The number of hydrogen-bond donors (Lipinski definition) is 1. The van der Waals surface area contributed by atoms with Gasteiger partial charge in [-0.15, -0.1) is 0 Å². The number of fused-ring (bicyclic) bond motifs is 1. The molecule has 9 rings (SSSR count). The second-order valence-electron chi connectivity index (χ2n) is 23.1. The van der Waals surface area contributed by atoms with Crippen LogP contribution in [-0.2, 0) is 16.2 Å². The van der Waals surface area contributed by atoms with Crippen molar-refractivity contribution in [1.82, 2.24) is 14.5 Å². The molecule has 0 aliphatic carbocycles. The summed E-state index contributed by atoms with van der Waals surface area (Å²) in [7, 11) is 0. The summed E-state index contributed by atoms with van der Waals surface area (Å²) in [6.45, 7) is 25.9. The van der Waals surface area contributed by atoms with E-state index in [1.165, 1.54) is 5.56 Å². The third-order valence-corrected chi connectivity index (χ3v) is 14.1. The molecule has 0 spiro atoms. The Morgan fingerprint density at radius 1 is 0.521 bits per heavy atom. The molecule has 0 radical (unpaired) electrons. The van der Waals surface area contributed by atoms with Gasteiger partial charge in [0.05, 0.1) is 28.0 Å². The Hall–Kier alpha value is -7.04. The van der Waals surface area contributed by atoms with Gasteiger partial charge in [-0.3, -0.25) is 9.55 Å². The van der Waals surface area contributed by atoms with Crippen LogP contribution in [0.15, 0.2) is 158 Å². The van der Waals surface area contributed by atoms with E-state index in [1.807, 2.05) is 59.3 Å². The minimum absolute atomic E-state index is 0.00766. The number of imidazole rings is 1. The maximum absolute atomic E-state index is 12.4. The van der Waals surface area contributed by atoms with Crippen molar-refractivity contribution < 1.29 is 9.22 Å². The fraction of sp³-hybridized carbons (Fsp3) is 0.284. The van der Waals surface area contributed by atoms with Crippen LogP contribution in [0.4, 0.5) is 0 Å². The summed E-state index contributed by atoms with van der Waals surface area (Å²) in [4.78, 5) is 10.5. The van der Waals surface area contributed by atoms with Crippen molar-refractivity contribution in [1.29, 1.82) is 0 Å². The molecule has 360 valence electrons. The van der Waals surface area contributed by atoms with E-state index in [4.69, 9.17) is 9.97 Å². The quantitative estimate of drug-likeness (QED) is 0.157. The van der Waals surface area contributed by atoms with E-state index in [0.29, 0.717) is 22.6 Å². The second kappa shape index (κ2) is 18.6. The summed E-state index contributed by atoms with van der Waals surface area (Å²) < 4.78 is 29.8. The third-order valence-electron chi connectivity index (χ3n) is 14.1. The van der Waals surface area contributed by atoms with Gasteiger partial charge in [0.2, 0.25) is 0 Å². The predicted octanol–water partition coefficient (Wildman–Crippen LogP) is 18.6. The number of aryl methyl sites for hydroxylation is 1. The third kappa shape index (κ3) is 9.62. The number of para-hydroxylation sites is 1. The number of benzene rings is 7. The molecule has 0 aliphatic heterocycles. The molecule has 9 aromatic rings. The summed E-state index contributed by atoms with van der Waals surface area (Å²) in [5.41, 5.74) is 17.4. The standard InChI is InChI=1S/C67H71N3O/c1-41(2)48-38-55(42(3)4)63(71)56(39-48)64-69-62-54(49-35-50(37-52(36-49)66(9,10)11)58-40-46(32-33-68-58)44-26-29-51(30-27-44)65(6,7)8)23-19-25-60(62)70(64)59-31-28-47(34-43(59)5)61-53(45-20-16-15-17-21-45)22-18-24-57(61)67(12,13)14/h15-42,71H,1-14H3/i5D3. The summed E-state index contributed by atoms with van der Waals surface area (Å²) in [6.07, 6.45) is 1.89. The van der Waals surface area contributed by atoms with Crippen molar-refractivity contribution in [2.24, 2.45) is 0 Å². The van der Waals surface area contributed by atoms with E-state index >= 15 is 0 Å². The topological polar surface area (TPSA) is 50.9 Å². The number of phenolic OH excluding ortho intramolecular Hbond substituents is 1. The van der Waals surface area contributed by atoms with Crippen molar-refractivity contribution in [2.75, 3.05) is 0 Å². The highest BCUT2D eigenvalue weighted by Gasteiger charge is 2.27. The van der Waals surface area contributed by atoms with Crippen molar-refractivity contribution in [3.63, 3.8) is 0 Å². The zero-order valence-electron chi connectivity index (χ0n) is 47.0. The van der Waals surface area contributed by atoms with Crippen LogP contribution in [0.1, 0.15) is 139 Å². The molecule has 2 aromatic heterocycles. The predicted molar refractivity (Wildman–Crippen MR) is 302 cm³/mol. The second-order valence-corrected chi connectivity index (χ2v) is 23.1. The molecule has 2 heterocycles. The molecule has 0 bridgehead atoms. The molecule has 0 fully saturated rings. The van der Waals surface area contributed by atoms with Gasteiger partial charge in [0, 0.05) is 21.4 Å². The average molecular weight is 937 g/mol. The average Bonchev–Trinajstić information content (AvgIpc) is 3.74. The van der Waals surface area contributed by atoms with Crippen molar-refractivity contribution in [3.05, 3.63) is 191 Å². The van der Waals surface area contributed by atoms with Crippen LogP contribution in [0, 0.1) is 6.85 Å². The first-order valence-electron chi connectivity index (χ1n) is 26.8. The lowest BCUT2D eigenvalue weighted by Gasteiger charge is -2.26. The maximum Gasteiger partial charge on any atom is 0.149 e. The molecule has 0 atom stereocenters. The van der Waals surface area contributed by atoms with Crippen LogP contribution in [0.5, 0.6) is 5.75 Å². The van der Waals surface area contributed by atoms with Gasteiger partial charge in [-0.1, -0.05) is 193 Å². The Bertz CT molecular complexity index is 3540. The van der Waals surface area contributed by atoms with E-state index in [9.17, 15) is 9.22 Å². The van der Waals surface area contributed by atoms with Gasteiger partial charge in [0.25, 0.3) is 0 Å². The Morgan fingerprint density at radius 2 is 1.20 bits per heavy atom. The smallest absolute Gasteiger partial charge is 0.149 e. The Kier molecular flexibility index (Phi) is 11.8. The number of aromatic hydroxyl groups is 1. The van der Waals surface area contributed by atoms with Crippen molar-refractivity contribution >= 4 is 11.0 Å². The highest BCUT2D eigenvalue weighted by atomic mass is 16.3. The van der Waals surface area contributed by atoms with Gasteiger partial charge in [0.1, 0.15) is 11.6 Å². The van der Waals surface area contributed by atoms with Gasteiger partial charge in [-0.05, 0) is 156 Å². The van der Waals surface area contributed by atoms with Gasteiger partial charge < -0.3 is 5.11 Å². The van der Waals surface area contributed by atoms with Crippen LogP contribution in [0.2, 0.25) is 0 Å². The fourth-order valence-corrected chi connectivity index (χ4v) is 9.91. The molecule has 1 N–H and O–H groups in total. The Balaban J connectivity index is 1.32. The van der Waals surface area contributed by atoms with Gasteiger partial charge in [0.15, 0.2) is 0 Å². The molecule has 0 aliphatic rings. The van der Waals surface area contributed by atoms with Crippen molar-refractivity contribution in [2.45, 2.75) is 125 Å². The Labute approximate surface area is 427 Å². The zero-order chi connectivity index (χ0) is 53.2. The van der Waals surface area contributed by atoms with Crippen LogP contribution in [0.3, 0.4) is 0 Å². The molecule has 4 nitrogen and oxygen atoms in total. The minimum Gasteiger partial charge on any atom is -0.507 e. The van der Waals surface area contributed by atoms with E-state index in [2.05, 4.69) is 193 Å². The number of hydrogen-bond acceptors (Lipinski definition) is 3. The number of phenols is 1. The van der Waals surface area contributed by atoms with Crippen LogP contribution in [0.25, 0.3) is 83.9 Å². The van der Waals surface area contributed by atoms with Gasteiger partial charge >= 0.3 is 0 Å². The largest absolute Gasteiger partial charge is 0.507 e. The number of rotatable bonds is 9. The van der Waals surface area contributed by atoms with E-state index in [0.717, 1.165) is 83.5 Å². The maximum atomic E-state index is 12.4. The number of nitrogens with zero attached hydrogens (tertiary/aromatic N) is 3. The van der Waals surface area contributed by atoms with E-state index < -0.39 is 6.85 Å². The lowest BCUT2D eigenvalue weighted by atomic mass is 9.78. The normalized spacial score (nSPS) is 13.2. The molecule has 71 heavy (non-hydrogen) atoms. The Morgan fingerprint density at radius 3 is 1.86 bits per heavy atom. The molecule has 7 aromatic carbocycles. The molecular weight excluding hydrogens is 863 g/mol. The number of pyridine rings is 1. The first-order valence-corrected chi connectivity index (χ1v) is 25.3. The fourth-order valence-electron chi connectivity index (χ4n) is 9.91. The molecule has 0 saturated carbocycles. The molecule has 4 heteroatoms. The van der Waals surface area contributed by atoms with E-state index in [-0.39, 0.29) is 39.4 Å².